The number of hydrogen-bond donors (Lipinski definition) is 1. The van der Waals surface area contributed by atoms with Crippen molar-refractivity contribution in [2.75, 3.05) is 6.54 Å². The van der Waals surface area contributed by atoms with Crippen LogP contribution < -0.4 is 5.32 Å². The average molecular weight is 197 g/mol. The molecule has 1 saturated heterocycles. The smallest absolute Gasteiger partial charge is 0.00699 e. The Kier molecular flexibility index (Phi) is 4.43. The predicted octanol–water partition coefficient (Wildman–Crippen LogP) is 3.59. The molecule has 1 fully saturated rings. The van der Waals surface area contributed by atoms with Gasteiger partial charge < -0.3 is 5.32 Å². The second-order valence-corrected chi connectivity index (χ2v) is 5.88. The van der Waals surface area contributed by atoms with Crippen molar-refractivity contribution >= 4 is 0 Å². The maximum atomic E-state index is 3.66. The van der Waals surface area contributed by atoms with E-state index in [9.17, 15) is 0 Å². The molecule has 0 aromatic heterocycles. The van der Waals surface area contributed by atoms with Crippen molar-refractivity contribution in [3.8, 4) is 0 Å². The Bertz CT molecular complexity index is 157. The summed E-state index contributed by atoms with van der Waals surface area (Å²) in [5, 5.41) is 3.66. The maximum Gasteiger partial charge on any atom is 0.00699 e. The van der Waals surface area contributed by atoms with Gasteiger partial charge in [-0.25, -0.2) is 0 Å². The van der Waals surface area contributed by atoms with Crippen molar-refractivity contribution in [1.29, 1.82) is 0 Å². The minimum atomic E-state index is 0.507. The minimum absolute atomic E-state index is 0.507. The highest BCUT2D eigenvalue weighted by Crippen LogP contribution is 2.34. The van der Waals surface area contributed by atoms with Crippen LogP contribution in [-0.4, -0.2) is 12.6 Å². The van der Waals surface area contributed by atoms with E-state index in [0.717, 1.165) is 12.0 Å². The number of nitrogens with one attached hydrogen (secondary N) is 1. The lowest BCUT2D eigenvalue weighted by Crippen LogP contribution is -2.41. The van der Waals surface area contributed by atoms with Crippen LogP contribution >= 0.6 is 0 Å². The molecule has 1 heterocycles. The molecule has 0 radical (unpaired) electrons. The van der Waals surface area contributed by atoms with Crippen LogP contribution in [0.2, 0.25) is 0 Å². The van der Waals surface area contributed by atoms with Gasteiger partial charge in [-0.2, -0.15) is 0 Å². The van der Waals surface area contributed by atoms with Crippen LogP contribution in [0.25, 0.3) is 0 Å². The van der Waals surface area contributed by atoms with Gasteiger partial charge in [-0.05, 0) is 37.1 Å². The van der Waals surface area contributed by atoms with E-state index < -0.39 is 0 Å². The molecule has 1 aliphatic rings. The van der Waals surface area contributed by atoms with Crippen LogP contribution in [0.3, 0.4) is 0 Å². The fourth-order valence-corrected chi connectivity index (χ4v) is 2.46. The second kappa shape index (κ2) is 5.16. The molecule has 0 aliphatic carbocycles. The lowest BCUT2D eigenvalue weighted by Gasteiger charge is -2.38. The topological polar surface area (TPSA) is 12.0 Å². The molecular formula is C13H27N. The van der Waals surface area contributed by atoms with E-state index in [1.165, 1.54) is 38.6 Å². The monoisotopic (exact) mass is 197 g/mol. The van der Waals surface area contributed by atoms with E-state index in [1.54, 1.807) is 0 Å². The van der Waals surface area contributed by atoms with Gasteiger partial charge in [0, 0.05) is 6.04 Å². The third-order valence-electron chi connectivity index (χ3n) is 3.63. The summed E-state index contributed by atoms with van der Waals surface area (Å²) in [6, 6.07) is 0.799. The molecular weight excluding hydrogens is 170 g/mol. The van der Waals surface area contributed by atoms with Crippen molar-refractivity contribution in [2.45, 2.75) is 65.8 Å². The standard InChI is InChI=1S/C13H27N/c1-5-6-7-12-10-11(8-9-14-12)13(2,3)4/h11-12,14H,5-10H2,1-4H3/t11-,12+/m1/s1. The Hall–Kier alpha value is -0.0400. The van der Waals surface area contributed by atoms with E-state index in [1.807, 2.05) is 0 Å². The maximum absolute atomic E-state index is 3.66. The summed E-state index contributed by atoms with van der Waals surface area (Å²) in [7, 11) is 0. The number of hydrogen-bond acceptors (Lipinski definition) is 1. The van der Waals surface area contributed by atoms with Crippen LogP contribution in [-0.2, 0) is 0 Å². The van der Waals surface area contributed by atoms with E-state index >= 15 is 0 Å². The first-order chi connectivity index (χ1) is 6.54. The van der Waals surface area contributed by atoms with Gasteiger partial charge in [0.2, 0.25) is 0 Å². The molecule has 0 aromatic carbocycles. The van der Waals surface area contributed by atoms with Crippen molar-refractivity contribution in [3.63, 3.8) is 0 Å². The summed E-state index contributed by atoms with van der Waals surface area (Å²) in [6.45, 7) is 10.7. The zero-order valence-corrected chi connectivity index (χ0v) is 10.4. The van der Waals surface area contributed by atoms with Crippen LogP contribution in [0.15, 0.2) is 0 Å². The third-order valence-corrected chi connectivity index (χ3v) is 3.63. The van der Waals surface area contributed by atoms with Crippen molar-refractivity contribution < 1.29 is 0 Å². The van der Waals surface area contributed by atoms with Gasteiger partial charge in [-0.3, -0.25) is 0 Å². The molecule has 0 bridgehead atoms. The molecule has 14 heavy (non-hydrogen) atoms. The first-order valence-electron chi connectivity index (χ1n) is 6.27. The number of rotatable bonds is 3. The first kappa shape index (κ1) is 12.0. The van der Waals surface area contributed by atoms with Gasteiger partial charge in [0.25, 0.3) is 0 Å². The van der Waals surface area contributed by atoms with Crippen molar-refractivity contribution in [3.05, 3.63) is 0 Å². The van der Waals surface area contributed by atoms with Crippen LogP contribution in [0.1, 0.15) is 59.8 Å². The van der Waals surface area contributed by atoms with Gasteiger partial charge in [0.05, 0.1) is 0 Å². The lowest BCUT2D eigenvalue weighted by molar-refractivity contribution is 0.156. The molecule has 1 nitrogen and oxygen atoms in total. The molecule has 84 valence electrons. The zero-order valence-electron chi connectivity index (χ0n) is 10.4. The summed E-state index contributed by atoms with van der Waals surface area (Å²) in [4.78, 5) is 0. The summed E-state index contributed by atoms with van der Waals surface area (Å²) in [5.41, 5.74) is 0.507. The molecule has 0 aromatic rings. The Balaban J connectivity index is 2.36. The van der Waals surface area contributed by atoms with Gasteiger partial charge in [-0.1, -0.05) is 40.5 Å². The Morgan fingerprint density at radius 1 is 1.29 bits per heavy atom. The van der Waals surface area contributed by atoms with Crippen molar-refractivity contribution in [2.24, 2.45) is 11.3 Å². The Morgan fingerprint density at radius 3 is 2.57 bits per heavy atom. The lowest BCUT2D eigenvalue weighted by atomic mass is 9.73. The fourth-order valence-electron chi connectivity index (χ4n) is 2.46. The van der Waals surface area contributed by atoms with Gasteiger partial charge >= 0.3 is 0 Å². The highest BCUT2D eigenvalue weighted by Gasteiger charge is 2.29. The fraction of sp³-hybridized carbons (Fsp3) is 1.00. The summed E-state index contributed by atoms with van der Waals surface area (Å²) in [6.07, 6.45) is 6.85. The largest absolute Gasteiger partial charge is 0.314 e. The molecule has 0 spiro atoms. The molecule has 2 atom stereocenters. The summed E-state index contributed by atoms with van der Waals surface area (Å²) < 4.78 is 0. The van der Waals surface area contributed by atoms with E-state index in [2.05, 4.69) is 33.0 Å². The Labute approximate surface area is 89.7 Å². The van der Waals surface area contributed by atoms with Crippen LogP contribution in [0, 0.1) is 11.3 Å². The first-order valence-corrected chi connectivity index (χ1v) is 6.27. The van der Waals surface area contributed by atoms with Gasteiger partial charge in [0.1, 0.15) is 0 Å². The van der Waals surface area contributed by atoms with Crippen LogP contribution in [0.4, 0.5) is 0 Å². The van der Waals surface area contributed by atoms with E-state index in [4.69, 9.17) is 0 Å². The molecule has 0 amide bonds. The van der Waals surface area contributed by atoms with Gasteiger partial charge in [-0.15, -0.1) is 0 Å². The van der Waals surface area contributed by atoms with Gasteiger partial charge in [0.15, 0.2) is 0 Å². The molecule has 1 rings (SSSR count). The van der Waals surface area contributed by atoms with Crippen molar-refractivity contribution in [1.82, 2.24) is 5.32 Å². The molecule has 1 N–H and O–H groups in total. The molecule has 1 heteroatoms. The molecule has 0 unspecified atom stereocenters. The summed E-state index contributed by atoms with van der Waals surface area (Å²) in [5.74, 6) is 0.922. The molecule has 1 aliphatic heterocycles. The number of piperidine rings is 1. The second-order valence-electron chi connectivity index (χ2n) is 5.88. The molecule has 0 saturated carbocycles. The highest BCUT2D eigenvalue weighted by molar-refractivity contribution is 4.84. The normalized spacial score (nSPS) is 29.1. The van der Waals surface area contributed by atoms with E-state index in [0.29, 0.717) is 5.41 Å². The van der Waals surface area contributed by atoms with Crippen LogP contribution in [0.5, 0.6) is 0 Å². The quantitative estimate of drug-likeness (QED) is 0.729. The summed E-state index contributed by atoms with van der Waals surface area (Å²) >= 11 is 0. The van der Waals surface area contributed by atoms with E-state index in [-0.39, 0.29) is 0 Å². The predicted molar refractivity (Wildman–Crippen MR) is 63.5 cm³/mol. The highest BCUT2D eigenvalue weighted by atomic mass is 14.9. The Morgan fingerprint density at radius 2 is 2.00 bits per heavy atom. The minimum Gasteiger partial charge on any atom is -0.314 e. The third kappa shape index (κ3) is 3.61. The number of unbranched alkanes of at least 4 members (excludes halogenated alkanes) is 1. The SMILES string of the molecule is CCCC[C@H]1C[C@H](C(C)(C)C)CCN1. The zero-order chi connectivity index (χ0) is 10.6. The average Bonchev–Trinajstić information content (AvgIpc) is 2.14.